The van der Waals surface area contributed by atoms with Crippen LogP contribution in [0.1, 0.15) is 32.6 Å². The molecule has 7 heteroatoms. The van der Waals surface area contributed by atoms with E-state index in [1.165, 1.54) is 27.1 Å². The molecule has 0 radical (unpaired) electrons. The number of hydrogen-bond acceptors (Lipinski definition) is 3. The molecule has 0 unspecified atom stereocenters. The van der Waals surface area contributed by atoms with Crippen molar-refractivity contribution < 1.29 is 13.2 Å². The van der Waals surface area contributed by atoms with Crippen LogP contribution in [0.3, 0.4) is 0 Å². The first-order chi connectivity index (χ1) is 16.7. The Bertz CT molecular complexity index is 1550. The molecular formula is C28H25ClN2O3S. The van der Waals surface area contributed by atoms with Crippen LogP contribution in [0, 0.1) is 6.92 Å². The van der Waals surface area contributed by atoms with Gasteiger partial charge in [0.05, 0.1) is 18.5 Å². The fraction of sp³-hybridized carbons (Fsp3) is 0.179. The van der Waals surface area contributed by atoms with Gasteiger partial charge in [-0.25, -0.2) is 8.42 Å². The number of sulfonamides is 1. The molecule has 4 aromatic rings. The van der Waals surface area contributed by atoms with Crippen LogP contribution in [0.5, 0.6) is 0 Å². The lowest BCUT2D eigenvalue weighted by Gasteiger charge is -2.24. The third-order valence-electron chi connectivity index (χ3n) is 6.51. The zero-order chi connectivity index (χ0) is 24.7. The van der Waals surface area contributed by atoms with Gasteiger partial charge >= 0.3 is 0 Å². The van der Waals surface area contributed by atoms with Gasteiger partial charge in [-0.2, -0.15) is 0 Å². The van der Waals surface area contributed by atoms with Crippen LogP contribution in [0.2, 0.25) is 5.02 Å². The molecule has 4 aromatic carbocycles. The first kappa shape index (κ1) is 23.4. The SMILES string of the molecule is Cc1ccc(Cl)cc1N(Cc1ccc(C(=O)Nc2ccc3c4c(cccc24)CC3)cc1)S(C)(=O)=O. The third-order valence-corrected chi connectivity index (χ3v) is 7.87. The van der Waals surface area contributed by atoms with Crippen LogP contribution in [-0.2, 0) is 29.4 Å². The minimum Gasteiger partial charge on any atom is -0.321 e. The Kier molecular flexibility index (Phi) is 6.03. The van der Waals surface area contributed by atoms with Gasteiger partial charge in [0.25, 0.3) is 5.91 Å². The minimum absolute atomic E-state index is 0.136. The molecule has 0 aromatic heterocycles. The van der Waals surface area contributed by atoms with Crippen molar-refractivity contribution in [3.8, 4) is 0 Å². The lowest BCUT2D eigenvalue weighted by molar-refractivity contribution is 0.102. The average Bonchev–Trinajstić information content (AvgIpc) is 3.25. The summed E-state index contributed by atoms with van der Waals surface area (Å²) in [5.74, 6) is -0.207. The van der Waals surface area contributed by atoms with E-state index in [1.54, 1.807) is 42.5 Å². The van der Waals surface area contributed by atoms with Gasteiger partial charge in [-0.15, -0.1) is 0 Å². The fourth-order valence-electron chi connectivity index (χ4n) is 4.71. The van der Waals surface area contributed by atoms with Crippen molar-refractivity contribution in [3.63, 3.8) is 0 Å². The molecule has 1 aliphatic carbocycles. The maximum atomic E-state index is 13.0. The van der Waals surface area contributed by atoms with Crippen molar-refractivity contribution >= 4 is 49.7 Å². The maximum Gasteiger partial charge on any atom is 0.255 e. The molecule has 0 spiro atoms. The zero-order valence-corrected chi connectivity index (χ0v) is 21.1. The number of rotatable bonds is 6. The van der Waals surface area contributed by atoms with E-state index in [0.29, 0.717) is 16.3 Å². The summed E-state index contributed by atoms with van der Waals surface area (Å²) in [6.45, 7) is 1.98. The van der Waals surface area contributed by atoms with E-state index in [4.69, 9.17) is 11.6 Å². The van der Waals surface area contributed by atoms with Crippen molar-refractivity contribution in [2.24, 2.45) is 0 Å². The highest BCUT2D eigenvalue weighted by atomic mass is 35.5. The molecule has 1 amide bonds. The van der Waals surface area contributed by atoms with Crippen molar-refractivity contribution in [3.05, 3.63) is 106 Å². The monoisotopic (exact) mass is 504 g/mol. The van der Waals surface area contributed by atoms with E-state index in [1.807, 2.05) is 25.1 Å². The van der Waals surface area contributed by atoms with E-state index in [2.05, 4.69) is 17.4 Å². The Morgan fingerprint density at radius 2 is 1.69 bits per heavy atom. The molecule has 5 nitrogen and oxygen atoms in total. The van der Waals surface area contributed by atoms with Gasteiger partial charge in [0.15, 0.2) is 0 Å². The van der Waals surface area contributed by atoms with Gasteiger partial charge in [0, 0.05) is 21.7 Å². The summed E-state index contributed by atoms with van der Waals surface area (Å²) >= 11 is 6.13. The second kappa shape index (κ2) is 9.02. The smallest absolute Gasteiger partial charge is 0.255 e. The summed E-state index contributed by atoms with van der Waals surface area (Å²) in [4.78, 5) is 13.0. The molecule has 0 aliphatic heterocycles. The van der Waals surface area contributed by atoms with Gasteiger partial charge in [-0.1, -0.05) is 54.1 Å². The number of nitrogens with zero attached hydrogens (tertiary/aromatic N) is 1. The number of nitrogens with one attached hydrogen (secondary N) is 1. The number of halogens is 1. The molecular weight excluding hydrogens is 480 g/mol. The summed E-state index contributed by atoms with van der Waals surface area (Å²) in [6.07, 6.45) is 3.24. The summed E-state index contributed by atoms with van der Waals surface area (Å²) in [5.41, 5.74) is 6.04. The summed E-state index contributed by atoms with van der Waals surface area (Å²) in [5, 5.41) is 5.82. The van der Waals surface area contributed by atoms with E-state index in [0.717, 1.165) is 35.0 Å². The summed E-state index contributed by atoms with van der Waals surface area (Å²) in [6, 6.07) is 22.5. The Hall–Kier alpha value is -3.35. The molecule has 5 rings (SSSR count). The van der Waals surface area contributed by atoms with E-state index >= 15 is 0 Å². The van der Waals surface area contributed by atoms with Crippen molar-refractivity contribution in [2.75, 3.05) is 15.9 Å². The number of anilines is 2. The quantitative estimate of drug-likeness (QED) is 0.344. The molecule has 0 bridgehead atoms. The second-order valence-corrected chi connectivity index (χ2v) is 11.3. The summed E-state index contributed by atoms with van der Waals surface area (Å²) in [7, 11) is -3.55. The molecule has 0 fully saturated rings. The molecule has 0 atom stereocenters. The Morgan fingerprint density at radius 1 is 0.971 bits per heavy atom. The minimum atomic E-state index is -3.55. The fourth-order valence-corrected chi connectivity index (χ4v) is 5.81. The zero-order valence-electron chi connectivity index (χ0n) is 19.5. The van der Waals surface area contributed by atoms with Gasteiger partial charge < -0.3 is 5.32 Å². The van der Waals surface area contributed by atoms with E-state index < -0.39 is 10.0 Å². The number of hydrogen-bond donors (Lipinski definition) is 1. The second-order valence-electron chi connectivity index (χ2n) is 8.96. The van der Waals surface area contributed by atoms with Crippen molar-refractivity contribution in [1.29, 1.82) is 0 Å². The highest BCUT2D eigenvalue weighted by Gasteiger charge is 2.21. The first-order valence-electron chi connectivity index (χ1n) is 11.4. The largest absolute Gasteiger partial charge is 0.321 e. The van der Waals surface area contributed by atoms with Gasteiger partial charge in [-0.3, -0.25) is 9.10 Å². The number of carbonyl (C=O) groups is 1. The van der Waals surface area contributed by atoms with Crippen LogP contribution >= 0.6 is 11.6 Å². The molecule has 178 valence electrons. The van der Waals surface area contributed by atoms with E-state index in [-0.39, 0.29) is 12.5 Å². The number of carbonyl (C=O) groups excluding carboxylic acids is 1. The number of aryl methyl sites for hydroxylation is 3. The normalized spacial score (nSPS) is 12.7. The molecule has 0 heterocycles. The highest BCUT2D eigenvalue weighted by molar-refractivity contribution is 7.92. The predicted octanol–water partition coefficient (Wildman–Crippen LogP) is 6.12. The Labute approximate surface area is 210 Å². The van der Waals surface area contributed by atoms with Gasteiger partial charge in [0.1, 0.15) is 0 Å². The van der Waals surface area contributed by atoms with Crippen LogP contribution < -0.4 is 9.62 Å². The van der Waals surface area contributed by atoms with Crippen LogP contribution in [-0.4, -0.2) is 20.6 Å². The first-order valence-corrected chi connectivity index (χ1v) is 13.6. The summed E-state index contributed by atoms with van der Waals surface area (Å²) < 4.78 is 26.4. The van der Waals surface area contributed by atoms with E-state index in [9.17, 15) is 13.2 Å². The molecule has 1 N–H and O–H groups in total. The van der Waals surface area contributed by atoms with Gasteiger partial charge in [0.2, 0.25) is 10.0 Å². The highest BCUT2D eigenvalue weighted by Crippen LogP contribution is 2.35. The maximum absolute atomic E-state index is 13.0. The lowest BCUT2D eigenvalue weighted by Crippen LogP contribution is -2.30. The standard InChI is InChI=1S/C28H25ClN2O3S/c1-18-6-14-23(29)16-26(18)31(35(2,33)34)17-19-7-9-22(10-8-19)28(32)30-25-15-13-21-12-11-20-4-3-5-24(25)27(20)21/h3-10,13-16H,11-12,17H2,1-2H3,(H,30,32). The molecule has 0 saturated heterocycles. The van der Waals surface area contributed by atoms with Crippen LogP contribution in [0.25, 0.3) is 10.8 Å². The van der Waals surface area contributed by atoms with Crippen molar-refractivity contribution in [2.45, 2.75) is 26.3 Å². The third kappa shape index (κ3) is 4.64. The Morgan fingerprint density at radius 3 is 2.40 bits per heavy atom. The molecule has 35 heavy (non-hydrogen) atoms. The topological polar surface area (TPSA) is 66.5 Å². The Balaban J connectivity index is 1.38. The van der Waals surface area contributed by atoms with Gasteiger partial charge in [-0.05, 0) is 77.7 Å². The van der Waals surface area contributed by atoms with Crippen LogP contribution in [0.15, 0.2) is 72.8 Å². The number of amides is 1. The number of benzene rings is 4. The molecule has 0 saturated carbocycles. The van der Waals surface area contributed by atoms with Crippen molar-refractivity contribution in [1.82, 2.24) is 0 Å². The molecule has 1 aliphatic rings. The van der Waals surface area contributed by atoms with Crippen LogP contribution in [0.4, 0.5) is 11.4 Å². The lowest BCUT2D eigenvalue weighted by atomic mass is 10.0. The predicted molar refractivity (Wildman–Crippen MR) is 143 cm³/mol. The average molecular weight is 505 g/mol.